The van der Waals surface area contributed by atoms with E-state index in [1.54, 1.807) is 26.2 Å². The predicted molar refractivity (Wildman–Crippen MR) is 84.5 cm³/mol. The summed E-state index contributed by atoms with van der Waals surface area (Å²) in [4.78, 5) is 20.6. The molecule has 6 nitrogen and oxygen atoms in total. The normalized spacial score (nSPS) is 11.1. The summed E-state index contributed by atoms with van der Waals surface area (Å²) in [6.07, 6.45) is 1.40. The molecule has 1 aromatic heterocycles. The molecule has 0 N–H and O–H groups in total. The number of carbonyl (C=O) groups excluding carboxylic acids is 1. The first-order valence-electron chi connectivity index (χ1n) is 7.30. The smallest absolute Gasteiger partial charge is 0.345 e. The van der Waals surface area contributed by atoms with Gasteiger partial charge in [-0.15, -0.1) is 0 Å². The fraction of sp³-hybridized carbons (Fsp3) is 0.353. The van der Waals surface area contributed by atoms with Crippen LogP contribution in [0.25, 0.3) is 0 Å². The molecule has 0 bridgehead atoms. The summed E-state index contributed by atoms with van der Waals surface area (Å²) in [6.45, 7) is 5.66. The molecule has 1 aromatic carbocycles. The van der Waals surface area contributed by atoms with E-state index in [1.807, 2.05) is 32.0 Å². The van der Waals surface area contributed by atoms with E-state index in [0.29, 0.717) is 11.6 Å². The van der Waals surface area contributed by atoms with Crippen LogP contribution < -0.4 is 4.74 Å². The molecule has 1 heterocycles. The maximum atomic E-state index is 12.1. The number of carbonyl (C=O) groups is 1. The quantitative estimate of drug-likeness (QED) is 0.761. The first-order valence-corrected chi connectivity index (χ1v) is 7.30. The minimum Gasteiger partial charge on any atom is -0.462 e. The van der Waals surface area contributed by atoms with E-state index in [2.05, 4.69) is 9.97 Å². The van der Waals surface area contributed by atoms with Crippen molar-refractivity contribution in [2.45, 2.75) is 26.4 Å². The fourth-order valence-electron chi connectivity index (χ4n) is 1.77. The minimum atomic E-state index is -0.706. The fourth-order valence-corrected chi connectivity index (χ4v) is 1.77. The van der Waals surface area contributed by atoms with Gasteiger partial charge in [0.2, 0.25) is 5.88 Å². The van der Waals surface area contributed by atoms with E-state index < -0.39 is 11.6 Å². The number of nitrogens with zero attached hydrogens (tertiary/aromatic N) is 2. The number of benzene rings is 1. The van der Waals surface area contributed by atoms with Crippen molar-refractivity contribution in [3.8, 4) is 11.6 Å². The Labute approximate surface area is 135 Å². The number of hydrogen-bond donors (Lipinski definition) is 0. The van der Waals surface area contributed by atoms with Gasteiger partial charge in [0.15, 0.2) is 5.82 Å². The van der Waals surface area contributed by atoms with Gasteiger partial charge in [-0.05, 0) is 32.9 Å². The first-order chi connectivity index (χ1) is 11.0. The third kappa shape index (κ3) is 4.04. The molecule has 0 radical (unpaired) electrons. The Bertz CT molecular complexity index is 672. The van der Waals surface area contributed by atoms with Gasteiger partial charge in [-0.3, -0.25) is 0 Å². The van der Waals surface area contributed by atoms with E-state index in [0.717, 1.165) is 0 Å². The second-order valence-corrected chi connectivity index (χ2v) is 5.26. The van der Waals surface area contributed by atoms with Crippen LogP contribution in [0.2, 0.25) is 0 Å². The number of hydrogen-bond acceptors (Lipinski definition) is 6. The van der Waals surface area contributed by atoms with Crippen molar-refractivity contribution in [1.29, 1.82) is 0 Å². The summed E-state index contributed by atoms with van der Waals surface area (Å²) in [5.74, 6) is 0.599. The Kier molecular flexibility index (Phi) is 5.28. The van der Waals surface area contributed by atoms with Gasteiger partial charge in [0.05, 0.1) is 6.61 Å². The topological polar surface area (TPSA) is 70.5 Å². The third-order valence-corrected chi connectivity index (χ3v) is 3.26. The maximum Gasteiger partial charge on any atom is 0.345 e. The first kappa shape index (κ1) is 16.9. The van der Waals surface area contributed by atoms with Crippen LogP contribution in [0, 0.1) is 0 Å². The van der Waals surface area contributed by atoms with Crippen LogP contribution in [0.4, 0.5) is 0 Å². The third-order valence-electron chi connectivity index (χ3n) is 3.26. The van der Waals surface area contributed by atoms with E-state index in [9.17, 15) is 4.79 Å². The molecule has 6 heteroatoms. The highest BCUT2D eigenvalue weighted by Gasteiger charge is 2.27. The zero-order valence-corrected chi connectivity index (χ0v) is 13.7. The van der Waals surface area contributed by atoms with Gasteiger partial charge in [0.25, 0.3) is 0 Å². The molecule has 0 aliphatic heterocycles. The van der Waals surface area contributed by atoms with E-state index in [1.165, 1.54) is 6.20 Å². The lowest BCUT2D eigenvalue weighted by molar-refractivity contribution is 0.0109. The summed E-state index contributed by atoms with van der Waals surface area (Å²) >= 11 is 0. The summed E-state index contributed by atoms with van der Waals surface area (Å²) in [6, 6.07) is 9.09. The molecule has 0 atom stereocenters. The zero-order valence-electron chi connectivity index (χ0n) is 13.7. The average molecular weight is 316 g/mol. The van der Waals surface area contributed by atoms with Gasteiger partial charge in [-0.25, -0.2) is 9.78 Å². The monoisotopic (exact) mass is 316 g/mol. The largest absolute Gasteiger partial charge is 0.462 e. The summed E-state index contributed by atoms with van der Waals surface area (Å²) in [5.41, 5.74) is -0.534. The second-order valence-electron chi connectivity index (χ2n) is 5.26. The molecule has 122 valence electrons. The molecule has 0 amide bonds. The van der Waals surface area contributed by atoms with Gasteiger partial charge in [-0.2, -0.15) is 4.98 Å². The van der Waals surface area contributed by atoms with Crippen LogP contribution in [-0.2, 0) is 15.1 Å². The Morgan fingerprint density at radius 2 is 1.91 bits per heavy atom. The van der Waals surface area contributed by atoms with Crippen molar-refractivity contribution in [3.63, 3.8) is 0 Å². The molecular formula is C17H20N2O4. The van der Waals surface area contributed by atoms with Gasteiger partial charge in [-0.1, -0.05) is 18.2 Å². The van der Waals surface area contributed by atoms with Crippen LogP contribution in [-0.4, -0.2) is 29.7 Å². The highest BCUT2D eigenvalue weighted by atomic mass is 16.5. The number of esters is 1. The lowest BCUT2D eigenvalue weighted by Gasteiger charge is -2.21. The summed E-state index contributed by atoms with van der Waals surface area (Å²) in [7, 11) is 1.57. The molecular weight excluding hydrogens is 296 g/mol. The lowest BCUT2D eigenvalue weighted by Crippen LogP contribution is -2.24. The van der Waals surface area contributed by atoms with Crippen molar-refractivity contribution in [2.75, 3.05) is 13.7 Å². The van der Waals surface area contributed by atoms with Crippen LogP contribution in [0.15, 0.2) is 36.5 Å². The Balaban J connectivity index is 2.44. The van der Waals surface area contributed by atoms with Gasteiger partial charge in [0, 0.05) is 13.3 Å². The molecule has 2 rings (SSSR count). The van der Waals surface area contributed by atoms with E-state index in [-0.39, 0.29) is 18.1 Å². The van der Waals surface area contributed by atoms with E-state index in [4.69, 9.17) is 14.2 Å². The molecule has 0 unspecified atom stereocenters. The van der Waals surface area contributed by atoms with Crippen molar-refractivity contribution < 1.29 is 19.0 Å². The van der Waals surface area contributed by atoms with Crippen molar-refractivity contribution in [1.82, 2.24) is 9.97 Å². The van der Waals surface area contributed by atoms with Crippen molar-refractivity contribution in [2.24, 2.45) is 0 Å². The zero-order chi connectivity index (χ0) is 16.9. The summed E-state index contributed by atoms with van der Waals surface area (Å²) in [5, 5.41) is 0. The molecule has 0 saturated carbocycles. The number of aromatic nitrogens is 2. The predicted octanol–water partition coefficient (Wildman–Crippen LogP) is 3.33. The van der Waals surface area contributed by atoms with Gasteiger partial charge in [0.1, 0.15) is 16.9 Å². The average Bonchev–Trinajstić information content (AvgIpc) is 2.56. The van der Waals surface area contributed by atoms with E-state index >= 15 is 0 Å². The van der Waals surface area contributed by atoms with Crippen LogP contribution in [0.5, 0.6) is 11.6 Å². The van der Waals surface area contributed by atoms with Crippen LogP contribution in [0.1, 0.15) is 37.0 Å². The maximum absolute atomic E-state index is 12.1. The highest BCUT2D eigenvalue weighted by Crippen LogP contribution is 2.27. The number of rotatable bonds is 6. The Morgan fingerprint density at radius 3 is 2.52 bits per heavy atom. The highest BCUT2D eigenvalue weighted by molar-refractivity contribution is 5.91. The Morgan fingerprint density at radius 1 is 1.22 bits per heavy atom. The van der Waals surface area contributed by atoms with Gasteiger partial charge < -0.3 is 14.2 Å². The molecule has 0 saturated heterocycles. The molecule has 2 aromatic rings. The standard InChI is InChI=1S/C17H20N2O4/c1-5-22-15(20)13-11-18-16(17(2,3)21-4)19-14(13)23-12-9-7-6-8-10-12/h6-11H,5H2,1-4H3. The van der Waals surface area contributed by atoms with Crippen molar-refractivity contribution >= 4 is 5.97 Å². The molecule has 23 heavy (non-hydrogen) atoms. The van der Waals surface area contributed by atoms with Crippen LogP contribution >= 0.6 is 0 Å². The van der Waals surface area contributed by atoms with Crippen molar-refractivity contribution in [3.05, 3.63) is 47.9 Å². The number of methoxy groups -OCH3 is 1. The lowest BCUT2D eigenvalue weighted by atomic mass is 10.1. The Hall–Kier alpha value is -2.47. The number of ether oxygens (including phenoxy) is 3. The second kappa shape index (κ2) is 7.19. The summed E-state index contributed by atoms with van der Waals surface area (Å²) < 4.78 is 16.2. The SMILES string of the molecule is CCOC(=O)c1cnc(C(C)(C)OC)nc1Oc1ccccc1. The van der Waals surface area contributed by atoms with Gasteiger partial charge >= 0.3 is 5.97 Å². The minimum absolute atomic E-state index is 0.143. The molecule has 0 aliphatic carbocycles. The molecule has 0 aliphatic rings. The molecule has 0 spiro atoms. The van der Waals surface area contributed by atoms with Crippen LogP contribution in [0.3, 0.4) is 0 Å². The number of para-hydroxylation sites is 1. The molecule has 0 fully saturated rings.